The van der Waals surface area contributed by atoms with Crippen molar-refractivity contribution in [2.75, 3.05) is 13.6 Å². The Balaban J connectivity index is 1.56. The first kappa shape index (κ1) is 18.8. The van der Waals surface area contributed by atoms with Crippen molar-refractivity contribution in [2.45, 2.75) is 26.3 Å². The van der Waals surface area contributed by atoms with Gasteiger partial charge in [0.1, 0.15) is 5.65 Å². The summed E-state index contributed by atoms with van der Waals surface area (Å²) >= 11 is 0. The Morgan fingerprint density at radius 2 is 2.07 bits per heavy atom. The van der Waals surface area contributed by atoms with Gasteiger partial charge in [-0.3, -0.25) is 4.99 Å². The van der Waals surface area contributed by atoms with E-state index in [2.05, 4.69) is 20.6 Å². The van der Waals surface area contributed by atoms with Crippen LogP contribution in [0.3, 0.4) is 0 Å². The molecule has 0 saturated carbocycles. The molecule has 0 aliphatic rings. The maximum atomic E-state index is 13.4. The number of halogens is 2. The molecule has 0 bridgehead atoms. The summed E-state index contributed by atoms with van der Waals surface area (Å²) in [5, 5.41) is 6.40. The molecule has 0 spiro atoms. The molecule has 5 nitrogen and oxygen atoms in total. The van der Waals surface area contributed by atoms with E-state index in [1.165, 1.54) is 6.07 Å². The van der Waals surface area contributed by atoms with Gasteiger partial charge in [-0.1, -0.05) is 12.1 Å². The highest BCUT2D eigenvalue weighted by Gasteiger charge is 2.11. The van der Waals surface area contributed by atoms with Gasteiger partial charge in [-0.05, 0) is 43.2 Å². The Morgan fingerprint density at radius 1 is 1.26 bits per heavy atom. The topological polar surface area (TPSA) is 53.7 Å². The molecule has 0 radical (unpaired) electrons. The van der Waals surface area contributed by atoms with Gasteiger partial charge in [-0.15, -0.1) is 0 Å². The van der Waals surface area contributed by atoms with E-state index < -0.39 is 11.6 Å². The molecule has 2 N–H and O–H groups in total. The number of aromatic nitrogens is 2. The zero-order valence-corrected chi connectivity index (χ0v) is 15.6. The summed E-state index contributed by atoms with van der Waals surface area (Å²) < 4.78 is 28.5. The molecule has 0 saturated heterocycles. The van der Waals surface area contributed by atoms with Crippen LogP contribution >= 0.6 is 0 Å². The number of nitrogens with zero attached hydrogens (tertiary/aromatic N) is 3. The van der Waals surface area contributed by atoms with E-state index in [1.807, 2.05) is 42.8 Å². The smallest absolute Gasteiger partial charge is 0.191 e. The quantitative estimate of drug-likeness (QED) is 0.534. The first-order chi connectivity index (χ1) is 13.0. The predicted octanol–water partition coefficient (Wildman–Crippen LogP) is 3.39. The van der Waals surface area contributed by atoms with Crippen molar-refractivity contribution < 1.29 is 8.78 Å². The lowest BCUT2D eigenvalue weighted by molar-refractivity contribution is 0.504. The number of imidazole rings is 1. The average molecular weight is 371 g/mol. The minimum Gasteiger partial charge on any atom is -0.356 e. The van der Waals surface area contributed by atoms with Crippen LogP contribution in [0.5, 0.6) is 0 Å². The van der Waals surface area contributed by atoms with Gasteiger partial charge in [-0.2, -0.15) is 0 Å². The number of guanidine groups is 1. The molecule has 1 unspecified atom stereocenters. The van der Waals surface area contributed by atoms with Crippen LogP contribution in [0.1, 0.15) is 29.8 Å². The number of aliphatic imine (C=N–C) groups is 1. The lowest BCUT2D eigenvalue weighted by Crippen LogP contribution is -2.39. The van der Waals surface area contributed by atoms with Crippen LogP contribution < -0.4 is 10.6 Å². The lowest BCUT2D eigenvalue weighted by Gasteiger charge is -2.18. The maximum Gasteiger partial charge on any atom is 0.191 e. The molecule has 0 aliphatic carbocycles. The average Bonchev–Trinajstić information content (AvgIpc) is 3.07. The van der Waals surface area contributed by atoms with E-state index in [-0.39, 0.29) is 6.04 Å². The van der Waals surface area contributed by atoms with Crippen molar-refractivity contribution in [3.05, 3.63) is 71.2 Å². The number of hydrogen-bond donors (Lipinski definition) is 2. The maximum absolute atomic E-state index is 13.4. The number of nitrogens with one attached hydrogen (secondary N) is 2. The summed E-state index contributed by atoms with van der Waals surface area (Å²) in [4.78, 5) is 8.83. The molecule has 27 heavy (non-hydrogen) atoms. The summed E-state index contributed by atoms with van der Waals surface area (Å²) in [6.45, 7) is 4.55. The Kier molecular flexibility index (Phi) is 5.69. The monoisotopic (exact) mass is 371 g/mol. The minimum atomic E-state index is -0.855. The highest BCUT2D eigenvalue weighted by Crippen LogP contribution is 2.16. The highest BCUT2D eigenvalue weighted by atomic mass is 19.2. The van der Waals surface area contributed by atoms with E-state index in [0.717, 1.165) is 29.4 Å². The molecule has 3 aromatic rings. The second kappa shape index (κ2) is 8.16. The summed E-state index contributed by atoms with van der Waals surface area (Å²) in [6.07, 6.45) is 4.74. The van der Waals surface area contributed by atoms with Crippen LogP contribution in [0.2, 0.25) is 0 Å². The molecule has 142 valence electrons. The summed E-state index contributed by atoms with van der Waals surface area (Å²) in [7, 11) is 1.67. The van der Waals surface area contributed by atoms with E-state index in [0.29, 0.717) is 18.1 Å². The van der Waals surface area contributed by atoms with Gasteiger partial charge in [0.15, 0.2) is 17.6 Å². The Labute approximate surface area is 157 Å². The van der Waals surface area contributed by atoms with Crippen LogP contribution in [0.15, 0.2) is 47.7 Å². The fraction of sp³-hybridized carbons (Fsp3) is 0.300. The molecule has 2 heterocycles. The number of hydrogen-bond acceptors (Lipinski definition) is 2. The Bertz CT molecular complexity index is 964. The zero-order chi connectivity index (χ0) is 19.4. The van der Waals surface area contributed by atoms with Gasteiger partial charge in [0.2, 0.25) is 0 Å². The van der Waals surface area contributed by atoms with Crippen LogP contribution in [-0.4, -0.2) is 28.9 Å². The number of aryl methyl sites for hydroxylation is 1. The van der Waals surface area contributed by atoms with Crippen molar-refractivity contribution in [3.63, 3.8) is 0 Å². The largest absolute Gasteiger partial charge is 0.356 e. The zero-order valence-electron chi connectivity index (χ0n) is 15.6. The van der Waals surface area contributed by atoms with E-state index in [9.17, 15) is 8.78 Å². The van der Waals surface area contributed by atoms with E-state index >= 15 is 0 Å². The Hall–Kier alpha value is -2.96. The van der Waals surface area contributed by atoms with Crippen molar-refractivity contribution in [3.8, 4) is 0 Å². The third-order valence-electron chi connectivity index (χ3n) is 4.42. The Morgan fingerprint density at radius 3 is 2.78 bits per heavy atom. The van der Waals surface area contributed by atoms with Gasteiger partial charge in [0.25, 0.3) is 0 Å². The molecule has 3 rings (SSSR count). The second-order valence-electron chi connectivity index (χ2n) is 6.44. The van der Waals surface area contributed by atoms with Crippen LogP contribution in [-0.2, 0) is 6.42 Å². The standard InChI is InChI=1S/C20H23F2N5/c1-13-5-4-10-27-12-16(26-19(13)27)8-9-24-20(23-3)25-14(2)15-6-7-17(21)18(22)11-15/h4-7,10-12,14H,8-9H2,1-3H3,(H2,23,24,25). The van der Waals surface area contributed by atoms with Gasteiger partial charge in [0, 0.05) is 32.4 Å². The van der Waals surface area contributed by atoms with Crippen molar-refractivity contribution in [1.82, 2.24) is 20.0 Å². The molecular weight excluding hydrogens is 348 g/mol. The van der Waals surface area contributed by atoms with Crippen molar-refractivity contribution in [1.29, 1.82) is 0 Å². The summed E-state index contributed by atoms with van der Waals surface area (Å²) in [5.74, 6) is -1.12. The van der Waals surface area contributed by atoms with Gasteiger partial charge in [0.05, 0.1) is 11.7 Å². The molecule has 2 aromatic heterocycles. The van der Waals surface area contributed by atoms with Crippen LogP contribution in [0.4, 0.5) is 8.78 Å². The van der Waals surface area contributed by atoms with Crippen LogP contribution in [0, 0.1) is 18.6 Å². The molecule has 1 aromatic carbocycles. The normalized spacial score (nSPS) is 13.0. The van der Waals surface area contributed by atoms with Gasteiger partial charge >= 0.3 is 0 Å². The van der Waals surface area contributed by atoms with Crippen LogP contribution in [0.25, 0.3) is 5.65 Å². The number of benzene rings is 1. The van der Waals surface area contributed by atoms with E-state index in [4.69, 9.17) is 0 Å². The third-order valence-corrected chi connectivity index (χ3v) is 4.42. The van der Waals surface area contributed by atoms with Gasteiger partial charge in [-0.25, -0.2) is 13.8 Å². The summed E-state index contributed by atoms with van der Waals surface area (Å²) in [6, 6.07) is 7.70. The van der Waals surface area contributed by atoms with Gasteiger partial charge < -0.3 is 15.0 Å². The molecule has 7 heteroatoms. The SMILES string of the molecule is CN=C(NCCc1cn2cccc(C)c2n1)NC(C)c1ccc(F)c(F)c1. The number of pyridine rings is 1. The first-order valence-electron chi connectivity index (χ1n) is 8.83. The predicted molar refractivity (Wildman–Crippen MR) is 103 cm³/mol. The van der Waals surface area contributed by atoms with Crippen molar-refractivity contribution in [2.24, 2.45) is 4.99 Å². The van der Waals surface area contributed by atoms with E-state index in [1.54, 1.807) is 13.1 Å². The number of rotatable bonds is 5. The first-order valence-corrected chi connectivity index (χ1v) is 8.83. The highest BCUT2D eigenvalue weighted by molar-refractivity contribution is 5.80. The molecule has 0 amide bonds. The third kappa shape index (κ3) is 4.42. The second-order valence-corrected chi connectivity index (χ2v) is 6.44. The molecule has 0 aliphatic heterocycles. The molecular formula is C20H23F2N5. The summed E-state index contributed by atoms with van der Waals surface area (Å²) in [5.41, 5.74) is 3.73. The fourth-order valence-electron chi connectivity index (χ4n) is 2.90. The van der Waals surface area contributed by atoms with Crippen molar-refractivity contribution >= 4 is 11.6 Å². The minimum absolute atomic E-state index is 0.218. The number of fused-ring (bicyclic) bond motifs is 1. The molecule has 0 fully saturated rings. The lowest BCUT2D eigenvalue weighted by atomic mass is 10.1. The molecule has 1 atom stereocenters. The fourth-order valence-corrected chi connectivity index (χ4v) is 2.90.